The first kappa shape index (κ1) is 17.1. The number of fused-ring (bicyclic) bond motifs is 2. The number of hydrogen-bond acceptors (Lipinski definition) is 2. The quantitative estimate of drug-likeness (QED) is 0.639. The summed E-state index contributed by atoms with van der Waals surface area (Å²) in [6.45, 7) is 1.80. The van der Waals surface area contributed by atoms with E-state index in [4.69, 9.17) is 4.74 Å². The van der Waals surface area contributed by atoms with Crippen molar-refractivity contribution in [2.24, 2.45) is 5.92 Å². The third-order valence-electron chi connectivity index (χ3n) is 5.35. The summed E-state index contributed by atoms with van der Waals surface area (Å²) in [5.41, 5.74) is 4.18. The van der Waals surface area contributed by atoms with Gasteiger partial charge in [0.1, 0.15) is 12.4 Å². The second-order valence-electron chi connectivity index (χ2n) is 7.77. The monoisotopic (exact) mass is 345 g/mol. The van der Waals surface area contributed by atoms with Gasteiger partial charge in [-0.25, -0.2) is 0 Å². The molecule has 0 spiro atoms. The second kappa shape index (κ2) is 7.51. The molecule has 3 aromatic carbocycles. The van der Waals surface area contributed by atoms with E-state index in [0.29, 0.717) is 6.61 Å². The molecule has 0 heterocycles. The van der Waals surface area contributed by atoms with Gasteiger partial charge in [-0.2, -0.15) is 0 Å². The Labute approximate surface area is 156 Å². The van der Waals surface area contributed by atoms with Crippen molar-refractivity contribution in [2.75, 3.05) is 20.6 Å². The number of nitrogens with zero attached hydrogens (tertiary/aromatic N) is 1. The normalized spacial score (nSPS) is 16.7. The number of hydrogen-bond donors (Lipinski definition) is 0. The molecule has 0 aromatic heterocycles. The first-order chi connectivity index (χ1) is 12.7. The Kier molecular flexibility index (Phi) is 4.94. The van der Waals surface area contributed by atoms with E-state index < -0.39 is 0 Å². The zero-order valence-corrected chi connectivity index (χ0v) is 15.7. The van der Waals surface area contributed by atoms with Crippen LogP contribution >= 0.6 is 0 Å². The average Bonchev–Trinajstić information content (AvgIpc) is 2.65. The van der Waals surface area contributed by atoms with Crippen LogP contribution in [0.25, 0.3) is 10.8 Å². The highest BCUT2D eigenvalue weighted by Gasteiger charge is 2.19. The van der Waals surface area contributed by atoms with Crippen molar-refractivity contribution in [2.45, 2.75) is 25.9 Å². The fourth-order valence-electron chi connectivity index (χ4n) is 4.06. The molecule has 2 heteroatoms. The lowest BCUT2D eigenvalue weighted by Crippen LogP contribution is -2.26. The Morgan fingerprint density at radius 3 is 2.62 bits per heavy atom. The molecule has 0 radical (unpaired) electrons. The minimum absolute atomic E-state index is 0.618. The molecule has 0 bridgehead atoms. The van der Waals surface area contributed by atoms with Crippen LogP contribution < -0.4 is 4.74 Å². The van der Waals surface area contributed by atoms with E-state index in [9.17, 15) is 0 Å². The van der Waals surface area contributed by atoms with Crippen molar-refractivity contribution in [1.29, 1.82) is 0 Å². The van der Waals surface area contributed by atoms with Crippen LogP contribution in [-0.4, -0.2) is 25.5 Å². The highest BCUT2D eigenvalue weighted by atomic mass is 16.5. The first-order valence-corrected chi connectivity index (χ1v) is 9.54. The Morgan fingerprint density at radius 2 is 1.77 bits per heavy atom. The summed E-state index contributed by atoms with van der Waals surface area (Å²) in [7, 11) is 4.33. The van der Waals surface area contributed by atoms with Crippen molar-refractivity contribution in [3.05, 3.63) is 77.4 Å². The van der Waals surface area contributed by atoms with Gasteiger partial charge in [-0.15, -0.1) is 0 Å². The summed E-state index contributed by atoms with van der Waals surface area (Å²) in [5, 5.41) is 2.54. The second-order valence-corrected chi connectivity index (χ2v) is 7.77. The van der Waals surface area contributed by atoms with Crippen molar-refractivity contribution >= 4 is 10.8 Å². The maximum atomic E-state index is 6.09. The molecule has 0 amide bonds. The summed E-state index contributed by atoms with van der Waals surface area (Å²) >= 11 is 0. The van der Waals surface area contributed by atoms with E-state index in [0.717, 1.165) is 11.7 Å². The lowest BCUT2D eigenvalue weighted by atomic mass is 9.83. The van der Waals surface area contributed by atoms with Crippen molar-refractivity contribution in [3.8, 4) is 5.75 Å². The summed E-state index contributed by atoms with van der Waals surface area (Å²) < 4.78 is 6.09. The summed E-state index contributed by atoms with van der Waals surface area (Å²) in [5.74, 6) is 1.77. The van der Waals surface area contributed by atoms with Crippen LogP contribution in [0.1, 0.15) is 23.1 Å². The molecular weight excluding hydrogens is 318 g/mol. The molecule has 1 aliphatic carbocycles. The SMILES string of the molecule is CN(C)CC1CCc2cc(OCc3ccc4ccccc4c3)ccc2C1. The molecule has 3 aromatic rings. The fourth-order valence-corrected chi connectivity index (χ4v) is 4.06. The lowest BCUT2D eigenvalue weighted by Gasteiger charge is -2.27. The molecule has 2 nitrogen and oxygen atoms in total. The van der Waals surface area contributed by atoms with E-state index in [1.807, 2.05) is 0 Å². The molecule has 26 heavy (non-hydrogen) atoms. The molecule has 4 rings (SSSR count). The number of aryl methyl sites for hydroxylation is 1. The number of benzene rings is 3. The van der Waals surface area contributed by atoms with Crippen LogP contribution in [0.5, 0.6) is 5.75 Å². The van der Waals surface area contributed by atoms with Gasteiger partial charge in [-0.05, 0) is 84.9 Å². The molecule has 134 valence electrons. The summed E-state index contributed by atoms with van der Waals surface area (Å²) in [4.78, 5) is 2.30. The lowest BCUT2D eigenvalue weighted by molar-refractivity contribution is 0.297. The highest BCUT2D eigenvalue weighted by Crippen LogP contribution is 2.29. The van der Waals surface area contributed by atoms with E-state index in [-0.39, 0.29) is 0 Å². The fraction of sp³-hybridized carbons (Fsp3) is 0.333. The van der Waals surface area contributed by atoms with Crippen molar-refractivity contribution in [1.82, 2.24) is 4.90 Å². The minimum atomic E-state index is 0.618. The smallest absolute Gasteiger partial charge is 0.120 e. The Balaban J connectivity index is 1.42. The Morgan fingerprint density at radius 1 is 0.923 bits per heavy atom. The van der Waals surface area contributed by atoms with Gasteiger partial charge in [0.15, 0.2) is 0 Å². The van der Waals surface area contributed by atoms with Gasteiger partial charge in [0.05, 0.1) is 0 Å². The van der Waals surface area contributed by atoms with Gasteiger partial charge < -0.3 is 9.64 Å². The molecule has 0 saturated heterocycles. The van der Waals surface area contributed by atoms with Gasteiger partial charge in [0.25, 0.3) is 0 Å². The van der Waals surface area contributed by atoms with E-state index in [1.54, 1.807) is 0 Å². The average molecular weight is 345 g/mol. The van der Waals surface area contributed by atoms with Gasteiger partial charge in [-0.3, -0.25) is 0 Å². The van der Waals surface area contributed by atoms with E-state index in [2.05, 4.69) is 79.7 Å². The summed E-state index contributed by atoms with van der Waals surface area (Å²) in [6.07, 6.45) is 3.64. The van der Waals surface area contributed by atoms with Gasteiger partial charge in [0, 0.05) is 6.54 Å². The molecule has 0 fully saturated rings. The molecule has 1 aliphatic rings. The number of rotatable bonds is 5. The van der Waals surface area contributed by atoms with Crippen LogP contribution in [0.4, 0.5) is 0 Å². The van der Waals surface area contributed by atoms with Gasteiger partial charge in [-0.1, -0.05) is 42.5 Å². The predicted molar refractivity (Wildman–Crippen MR) is 109 cm³/mol. The zero-order chi connectivity index (χ0) is 17.9. The van der Waals surface area contributed by atoms with Crippen molar-refractivity contribution in [3.63, 3.8) is 0 Å². The molecule has 0 N–H and O–H groups in total. The van der Waals surface area contributed by atoms with Gasteiger partial charge in [0.2, 0.25) is 0 Å². The largest absolute Gasteiger partial charge is 0.489 e. The minimum Gasteiger partial charge on any atom is -0.489 e. The van der Waals surface area contributed by atoms with Gasteiger partial charge >= 0.3 is 0 Å². The van der Waals surface area contributed by atoms with Crippen LogP contribution in [0.15, 0.2) is 60.7 Å². The topological polar surface area (TPSA) is 12.5 Å². The molecule has 1 unspecified atom stereocenters. The van der Waals surface area contributed by atoms with E-state index in [1.165, 1.54) is 53.3 Å². The van der Waals surface area contributed by atoms with Crippen LogP contribution in [0.2, 0.25) is 0 Å². The molecular formula is C24H27NO. The maximum absolute atomic E-state index is 6.09. The standard InChI is InChI=1S/C24H27NO/c1-25(2)16-18-7-10-23-15-24(12-11-22(23)13-18)26-17-19-8-9-20-5-3-4-6-21(20)14-19/h3-6,8-9,11-12,14-15,18H,7,10,13,16-17H2,1-2H3. The van der Waals surface area contributed by atoms with Crippen molar-refractivity contribution < 1.29 is 4.74 Å². The Hall–Kier alpha value is -2.32. The zero-order valence-electron chi connectivity index (χ0n) is 15.7. The van der Waals surface area contributed by atoms with Crippen LogP contribution in [0, 0.1) is 5.92 Å². The van der Waals surface area contributed by atoms with E-state index >= 15 is 0 Å². The third kappa shape index (κ3) is 3.91. The molecule has 0 aliphatic heterocycles. The molecule has 0 saturated carbocycles. The summed E-state index contributed by atoms with van der Waals surface area (Å²) in [6, 6.07) is 21.7. The number of ether oxygens (including phenoxy) is 1. The maximum Gasteiger partial charge on any atom is 0.120 e. The predicted octanol–water partition coefficient (Wildman–Crippen LogP) is 5.09. The molecule has 1 atom stereocenters. The van der Waals surface area contributed by atoms with Crippen LogP contribution in [-0.2, 0) is 19.4 Å². The highest BCUT2D eigenvalue weighted by molar-refractivity contribution is 5.82. The third-order valence-corrected chi connectivity index (χ3v) is 5.35. The first-order valence-electron chi connectivity index (χ1n) is 9.54. The van der Waals surface area contributed by atoms with Crippen LogP contribution in [0.3, 0.4) is 0 Å². The Bertz CT molecular complexity index is 900.